The van der Waals surface area contributed by atoms with Gasteiger partial charge >= 0.3 is 0 Å². The Morgan fingerprint density at radius 1 is 1.28 bits per heavy atom. The van der Waals surface area contributed by atoms with Crippen molar-refractivity contribution in [1.82, 2.24) is 5.32 Å². The Balaban J connectivity index is 1.89. The van der Waals surface area contributed by atoms with E-state index in [-0.39, 0.29) is 0 Å². The molecule has 1 aromatic carbocycles. The highest BCUT2D eigenvalue weighted by Gasteiger charge is 2.25. The second-order valence-corrected chi connectivity index (χ2v) is 6.33. The minimum Gasteiger partial charge on any atom is -0.307 e. The van der Waals surface area contributed by atoms with Crippen molar-refractivity contribution in [1.29, 1.82) is 0 Å². The summed E-state index contributed by atoms with van der Waals surface area (Å²) in [7, 11) is 0. The van der Waals surface area contributed by atoms with Gasteiger partial charge in [0, 0.05) is 17.0 Å². The summed E-state index contributed by atoms with van der Waals surface area (Å²) in [4.78, 5) is 1.34. The molecule has 2 atom stereocenters. The summed E-state index contributed by atoms with van der Waals surface area (Å²) < 4.78 is 0. The minimum atomic E-state index is 0.463. The van der Waals surface area contributed by atoms with Crippen molar-refractivity contribution in [2.45, 2.75) is 56.5 Å². The highest BCUT2D eigenvalue weighted by atomic mass is 32.2. The maximum Gasteiger partial charge on any atom is 0.0294 e. The molecule has 0 aliphatic heterocycles. The number of rotatable bonds is 7. The van der Waals surface area contributed by atoms with E-state index < -0.39 is 0 Å². The lowest BCUT2D eigenvalue weighted by Crippen LogP contribution is -2.31. The van der Waals surface area contributed by atoms with Gasteiger partial charge < -0.3 is 5.32 Å². The quantitative estimate of drug-likeness (QED) is 0.719. The van der Waals surface area contributed by atoms with Crippen LogP contribution in [0.5, 0.6) is 0 Å². The molecule has 0 heterocycles. The lowest BCUT2D eigenvalue weighted by molar-refractivity contribution is 0.404. The minimum absolute atomic E-state index is 0.463. The highest BCUT2D eigenvalue weighted by Crippen LogP contribution is 2.34. The normalized spacial score (nSPS) is 18.6. The lowest BCUT2D eigenvalue weighted by atomic mass is 10.0. The Morgan fingerprint density at radius 3 is 2.44 bits per heavy atom. The van der Waals surface area contributed by atoms with Crippen LogP contribution in [0.4, 0.5) is 0 Å². The van der Waals surface area contributed by atoms with Gasteiger partial charge in [0.05, 0.1) is 0 Å². The Kier molecular flexibility index (Phi) is 5.13. The van der Waals surface area contributed by atoms with E-state index in [2.05, 4.69) is 49.7 Å². The molecule has 1 aliphatic carbocycles. The first-order valence-corrected chi connectivity index (χ1v) is 8.35. The number of hydrogen-bond donors (Lipinski definition) is 1. The standard InChI is InChI=1S/C16H25NS/c1-4-15(11-13-5-6-13)17-12(2)14-7-9-16(18-3)10-8-14/h7-10,12-13,15,17H,4-6,11H2,1-3H3. The summed E-state index contributed by atoms with van der Waals surface area (Å²) in [6.07, 6.45) is 7.64. The zero-order valence-electron chi connectivity index (χ0n) is 11.8. The fourth-order valence-electron chi connectivity index (χ4n) is 2.45. The summed E-state index contributed by atoms with van der Waals surface area (Å²) in [5.74, 6) is 1.01. The van der Waals surface area contributed by atoms with E-state index in [0.29, 0.717) is 12.1 Å². The molecule has 0 radical (unpaired) electrons. The maximum atomic E-state index is 3.78. The summed E-state index contributed by atoms with van der Waals surface area (Å²) in [6.45, 7) is 4.58. The first-order chi connectivity index (χ1) is 8.72. The van der Waals surface area contributed by atoms with Crippen LogP contribution in [-0.4, -0.2) is 12.3 Å². The number of hydrogen-bond acceptors (Lipinski definition) is 2. The zero-order valence-corrected chi connectivity index (χ0v) is 12.6. The van der Waals surface area contributed by atoms with Gasteiger partial charge in [-0.15, -0.1) is 11.8 Å². The summed E-state index contributed by atoms with van der Waals surface area (Å²) >= 11 is 1.80. The molecule has 1 aliphatic rings. The van der Waals surface area contributed by atoms with E-state index in [4.69, 9.17) is 0 Å². The number of benzene rings is 1. The molecule has 2 heteroatoms. The van der Waals surface area contributed by atoms with Crippen LogP contribution in [-0.2, 0) is 0 Å². The lowest BCUT2D eigenvalue weighted by Gasteiger charge is -2.22. The van der Waals surface area contributed by atoms with E-state index in [9.17, 15) is 0 Å². The molecular formula is C16H25NS. The molecule has 0 bridgehead atoms. The van der Waals surface area contributed by atoms with Crippen LogP contribution in [0, 0.1) is 5.92 Å². The average Bonchev–Trinajstić information content (AvgIpc) is 3.22. The van der Waals surface area contributed by atoms with Crippen molar-refractivity contribution in [3.05, 3.63) is 29.8 Å². The first kappa shape index (κ1) is 14.0. The Bertz CT molecular complexity index is 356. The van der Waals surface area contributed by atoms with Crippen molar-refractivity contribution in [3.63, 3.8) is 0 Å². The van der Waals surface area contributed by atoms with Crippen molar-refractivity contribution >= 4 is 11.8 Å². The molecule has 1 saturated carbocycles. The summed E-state index contributed by atoms with van der Waals surface area (Å²) in [6, 6.07) is 10.1. The molecular weight excluding hydrogens is 238 g/mol. The van der Waals surface area contributed by atoms with Crippen molar-refractivity contribution in [3.8, 4) is 0 Å². The molecule has 0 amide bonds. The third-order valence-corrected chi connectivity index (χ3v) is 4.65. The van der Waals surface area contributed by atoms with Gasteiger partial charge in [-0.25, -0.2) is 0 Å². The Hall–Kier alpha value is -0.470. The predicted molar refractivity (Wildman–Crippen MR) is 81.2 cm³/mol. The van der Waals surface area contributed by atoms with Gasteiger partial charge in [-0.1, -0.05) is 31.9 Å². The Morgan fingerprint density at radius 2 is 1.94 bits per heavy atom. The van der Waals surface area contributed by atoms with Crippen LogP contribution < -0.4 is 5.32 Å². The molecule has 1 N–H and O–H groups in total. The van der Waals surface area contributed by atoms with E-state index in [1.165, 1.54) is 36.1 Å². The largest absolute Gasteiger partial charge is 0.307 e. The molecule has 0 spiro atoms. The summed E-state index contributed by atoms with van der Waals surface area (Å²) in [5.41, 5.74) is 1.40. The average molecular weight is 263 g/mol. The zero-order chi connectivity index (χ0) is 13.0. The monoisotopic (exact) mass is 263 g/mol. The second-order valence-electron chi connectivity index (χ2n) is 5.45. The van der Waals surface area contributed by atoms with Gasteiger partial charge in [0.25, 0.3) is 0 Å². The first-order valence-electron chi connectivity index (χ1n) is 7.13. The van der Waals surface area contributed by atoms with Crippen LogP contribution >= 0.6 is 11.8 Å². The predicted octanol–water partition coefficient (Wildman–Crippen LogP) is 4.64. The number of thioether (sulfide) groups is 1. The van der Waals surface area contributed by atoms with E-state index in [0.717, 1.165) is 5.92 Å². The van der Waals surface area contributed by atoms with Crippen LogP contribution in [0.25, 0.3) is 0 Å². The van der Waals surface area contributed by atoms with Crippen LogP contribution in [0.2, 0.25) is 0 Å². The molecule has 2 unspecified atom stereocenters. The van der Waals surface area contributed by atoms with Crippen molar-refractivity contribution in [2.75, 3.05) is 6.26 Å². The fourth-order valence-corrected chi connectivity index (χ4v) is 2.86. The van der Waals surface area contributed by atoms with E-state index in [1.807, 2.05) is 0 Å². The smallest absolute Gasteiger partial charge is 0.0294 e. The van der Waals surface area contributed by atoms with Crippen LogP contribution in [0.3, 0.4) is 0 Å². The molecule has 0 aromatic heterocycles. The maximum absolute atomic E-state index is 3.78. The molecule has 0 saturated heterocycles. The molecule has 2 rings (SSSR count). The third kappa shape index (κ3) is 4.03. The van der Waals surface area contributed by atoms with Crippen molar-refractivity contribution in [2.24, 2.45) is 5.92 Å². The van der Waals surface area contributed by atoms with Gasteiger partial charge in [-0.05, 0) is 49.6 Å². The fraction of sp³-hybridized carbons (Fsp3) is 0.625. The van der Waals surface area contributed by atoms with Gasteiger partial charge in [-0.2, -0.15) is 0 Å². The second kappa shape index (κ2) is 6.63. The van der Waals surface area contributed by atoms with Crippen LogP contribution in [0.1, 0.15) is 51.1 Å². The summed E-state index contributed by atoms with van der Waals surface area (Å²) in [5, 5.41) is 3.78. The van der Waals surface area contributed by atoms with E-state index >= 15 is 0 Å². The molecule has 1 aromatic rings. The van der Waals surface area contributed by atoms with Gasteiger partial charge in [0.1, 0.15) is 0 Å². The molecule has 100 valence electrons. The third-order valence-electron chi connectivity index (χ3n) is 3.91. The number of nitrogens with one attached hydrogen (secondary N) is 1. The molecule has 1 fully saturated rings. The van der Waals surface area contributed by atoms with Gasteiger partial charge in [0.2, 0.25) is 0 Å². The Labute approximate surface area is 116 Å². The highest BCUT2D eigenvalue weighted by molar-refractivity contribution is 7.98. The van der Waals surface area contributed by atoms with E-state index in [1.54, 1.807) is 11.8 Å². The molecule has 18 heavy (non-hydrogen) atoms. The topological polar surface area (TPSA) is 12.0 Å². The van der Waals surface area contributed by atoms with Crippen LogP contribution in [0.15, 0.2) is 29.2 Å². The van der Waals surface area contributed by atoms with Crippen molar-refractivity contribution < 1.29 is 0 Å². The van der Waals surface area contributed by atoms with Gasteiger partial charge in [0.15, 0.2) is 0 Å². The SMILES string of the molecule is CCC(CC1CC1)NC(C)c1ccc(SC)cc1. The van der Waals surface area contributed by atoms with Gasteiger partial charge in [-0.3, -0.25) is 0 Å². The molecule has 1 nitrogen and oxygen atoms in total.